The van der Waals surface area contributed by atoms with Gasteiger partial charge in [0.25, 0.3) is 5.91 Å². The summed E-state index contributed by atoms with van der Waals surface area (Å²) in [4.78, 5) is 15.5. The Balaban J connectivity index is 1.98. The van der Waals surface area contributed by atoms with Gasteiger partial charge in [-0.05, 0) is 69.9 Å². The van der Waals surface area contributed by atoms with Crippen LogP contribution in [0.2, 0.25) is 0 Å². The number of hydrogen-bond donors (Lipinski definition) is 0. The van der Waals surface area contributed by atoms with Crippen molar-refractivity contribution < 1.29 is 41.4 Å². The van der Waals surface area contributed by atoms with Gasteiger partial charge < -0.3 is 33.1 Å². The Kier molecular flexibility index (Phi) is 10.3. The van der Waals surface area contributed by atoms with Crippen molar-refractivity contribution in [1.82, 2.24) is 4.90 Å². The lowest BCUT2D eigenvalue weighted by molar-refractivity contribution is 0.0781. The first-order chi connectivity index (χ1) is 18.6. The van der Waals surface area contributed by atoms with E-state index in [-0.39, 0.29) is 12.3 Å². The molecule has 1 amide bonds. The topological polar surface area (TPSA) is 124 Å². The Morgan fingerprint density at radius 3 is 2.08 bits per heavy atom. The zero-order chi connectivity index (χ0) is 28.6. The summed E-state index contributed by atoms with van der Waals surface area (Å²) < 4.78 is 62.2. The molecule has 2 aromatic rings. The SMILES string of the molecule is CCOc1cc(C(=O)N2CCC(CCCS(=O)(=O)[O-])(c3ccc(OC)c(OC)c3)C2)cc(OCC)c1OCC. The van der Waals surface area contributed by atoms with E-state index in [4.69, 9.17) is 23.7 Å². The van der Waals surface area contributed by atoms with Crippen LogP contribution in [0.15, 0.2) is 30.3 Å². The highest BCUT2D eigenvalue weighted by Crippen LogP contribution is 2.44. The van der Waals surface area contributed by atoms with E-state index in [2.05, 4.69) is 0 Å². The van der Waals surface area contributed by atoms with E-state index in [1.54, 1.807) is 37.3 Å². The standard InChI is InChI=1S/C28H39NO9S/c1-6-36-24-16-20(17-25(37-7-2)26(24)38-8-3)27(30)29-14-13-28(19-29,12-9-15-39(31,32)33)21-10-11-22(34-4)23(18-21)35-5/h10-11,16-18H,6-9,12-15,19H2,1-5H3,(H,31,32,33)/p-1. The fraction of sp³-hybridized carbons (Fsp3) is 0.536. The van der Waals surface area contributed by atoms with Gasteiger partial charge in [-0.15, -0.1) is 0 Å². The number of carbonyl (C=O) groups is 1. The van der Waals surface area contributed by atoms with E-state index in [9.17, 15) is 17.8 Å². The summed E-state index contributed by atoms with van der Waals surface area (Å²) in [6, 6.07) is 8.88. The summed E-state index contributed by atoms with van der Waals surface area (Å²) in [5.41, 5.74) is 0.711. The number of amides is 1. The number of methoxy groups -OCH3 is 2. The molecule has 1 unspecified atom stereocenters. The van der Waals surface area contributed by atoms with Gasteiger partial charge in [-0.3, -0.25) is 4.79 Å². The molecule has 1 atom stereocenters. The van der Waals surface area contributed by atoms with E-state index in [1.807, 2.05) is 32.9 Å². The van der Waals surface area contributed by atoms with Crippen molar-refractivity contribution in [1.29, 1.82) is 0 Å². The van der Waals surface area contributed by atoms with Crippen LogP contribution in [0.25, 0.3) is 0 Å². The predicted octanol–water partition coefficient (Wildman–Crippen LogP) is 4.01. The molecule has 1 heterocycles. The summed E-state index contributed by atoms with van der Waals surface area (Å²) >= 11 is 0. The highest BCUT2D eigenvalue weighted by molar-refractivity contribution is 7.85. The van der Waals surface area contributed by atoms with Crippen LogP contribution in [0.5, 0.6) is 28.7 Å². The molecule has 1 aliphatic rings. The molecule has 0 saturated carbocycles. The summed E-state index contributed by atoms with van der Waals surface area (Å²) in [5.74, 6) is 1.73. The highest BCUT2D eigenvalue weighted by atomic mass is 32.2. The van der Waals surface area contributed by atoms with E-state index < -0.39 is 21.3 Å². The number of likely N-dealkylation sites (tertiary alicyclic amines) is 1. The van der Waals surface area contributed by atoms with Crippen molar-refractivity contribution in [3.8, 4) is 28.7 Å². The molecule has 0 bridgehead atoms. The Morgan fingerprint density at radius 2 is 1.54 bits per heavy atom. The minimum atomic E-state index is -4.37. The number of rotatable bonds is 14. The van der Waals surface area contributed by atoms with E-state index >= 15 is 0 Å². The smallest absolute Gasteiger partial charge is 0.254 e. The molecule has 1 saturated heterocycles. The van der Waals surface area contributed by atoms with Crippen molar-refractivity contribution in [2.24, 2.45) is 0 Å². The molecule has 0 N–H and O–H groups in total. The van der Waals surface area contributed by atoms with Gasteiger partial charge in [0.1, 0.15) is 0 Å². The molecule has 0 aromatic heterocycles. The van der Waals surface area contributed by atoms with Crippen LogP contribution < -0.4 is 23.7 Å². The predicted molar refractivity (Wildman–Crippen MR) is 145 cm³/mol. The third-order valence-electron chi connectivity index (χ3n) is 6.84. The van der Waals surface area contributed by atoms with Crippen LogP contribution in [0, 0.1) is 0 Å². The Labute approximate surface area is 230 Å². The first-order valence-corrected chi connectivity index (χ1v) is 14.7. The first kappa shape index (κ1) is 30.4. The molecular formula is C28H38NO9S-. The third kappa shape index (κ3) is 7.27. The molecule has 39 heavy (non-hydrogen) atoms. The van der Waals surface area contributed by atoms with Crippen molar-refractivity contribution in [3.05, 3.63) is 41.5 Å². The van der Waals surface area contributed by atoms with Gasteiger partial charge in [0.05, 0.1) is 44.2 Å². The molecule has 3 rings (SSSR count). The maximum absolute atomic E-state index is 13.8. The van der Waals surface area contributed by atoms with Crippen molar-refractivity contribution in [2.75, 3.05) is 52.9 Å². The fourth-order valence-electron chi connectivity index (χ4n) is 5.08. The highest BCUT2D eigenvalue weighted by Gasteiger charge is 2.42. The van der Waals surface area contributed by atoms with Crippen LogP contribution in [0.1, 0.15) is 56.0 Å². The maximum Gasteiger partial charge on any atom is 0.254 e. The Bertz CT molecular complexity index is 1220. The van der Waals surface area contributed by atoms with Gasteiger partial charge in [0.15, 0.2) is 23.0 Å². The second kappa shape index (κ2) is 13.3. The molecule has 11 heteroatoms. The summed E-state index contributed by atoms with van der Waals surface area (Å²) in [7, 11) is -1.28. The van der Waals surface area contributed by atoms with Crippen molar-refractivity contribution >= 4 is 16.0 Å². The lowest BCUT2D eigenvalue weighted by atomic mass is 9.76. The van der Waals surface area contributed by atoms with Crippen LogP contribution in [0.4, 0.5) is 0 Å². The van der Waals surface area contributed by atoms with Gasteiger partial charge >= 0.3 is 0 Å². The Hall–Kier alpha value is -3.18. The lowest BCUT2D eigenvalue weighted by Gasteiger charge is -2.31. The molecule has 10 nitrogen and oxygen atoms in total. The number of nitrogens with zero attached hydrogens (tertiary/aromatic N) is 1. The minimum absolute atomic E-state index is 0.175. The second-order valence-electron chi connectivity index (χ2n) is 9.29. The van der Waals surface area contributed by atoms with Crippen LogP contribution in [-0.2, 0) is 15.5 Å². The third-order valence-corrected chi connectivity index (χ3v) is 7.63. The van der Waals surface area contributed by atoms with Crippen molar-refractivity contribution in [3.63, 3.8) is 0 Å². The van der Waals surface area contributed by atoms with E-state index in [1.165, 1.54) is 0 Å². The normalized spacial score (nSPS) is 17.1. The molecule has 0 spiro atoms. The van der Waals surface area contributed by atoms with Gasteiger partial charge in [-0.25, -0.2) is 8.42 Å². The average Bonchev–Trinajstić information content (AvgIpc) is 3.34. The summed E-state index contributed by atoms with van der Waals surface area (Å²) in [5, 5.41) is 0. The maximum atomic E-state index is 13.8. The first-order valence-electron chi connectivity index (χ1n) is 13.1. The van der Waals surface area contributed by atoms with Gasteiger partial charge in [0, 0.05) is 29.8 Å². The van der Waals surface area contributed by atoms with Crippen LogP contribution in [-0.4, -0.2) is 76.7 Å². The molecule has 0 aliphatic carbocycles. The quantitative estimate of drug-likeness (QED) is 0.313. The zero-order valence-electron chi connectivity index (χ0n) is 23.3. The monoisotopic (exact) mass is 564 g/mol. The summed E-state index contributed by atoms with van der Waals surface area (Å²) in [6.45, 7) is 7.53. The molecule has 1 aliphatic heterocycles. The minimum Gasteiger partial charge on any atom is -0.748 e. The molecule has 0 radical (unpaired) electrons. The second-order valence-corrected chi connectivity index (χ2v) is 10.8. The number of carbonyl (C=O) groups excluding carboxylic acids is 1. The number of benzene rings is 2. The molecule has 1 fully saturated rings. The molecule has 216 valence electrons. The van der Waals surface area contributed by atoms with E-state index in [0.717, 1.165) is 5.56 Å². The molecule has 2 aromatic carbocycles. The average molecular weight is 565 g/mol. The lowest BCUT2D eigenvalue weighted by Crippen LogP contribution is -2.35. The largest absolute Gasteiger partial charge is 0.748 e. The number of ether oxygens (including phenoxy) is 5. The van der Waals surface area contributed by atoms with Gasteiger partial charge in [-0.2, -0.15) is 0 Å². The number of hydrogen-bond acceptors (Lipinski definition) is 9. The van der Waals surface area contributed by atoms with Crippen molar-refractivity contribution in [2.45, 2.75) is 45.4 Å². The Morgan fingerprint density at radius 1 is 0.923 bits per heavy atom. The van der Waals surface area contributed by atoms with Crippen LogP contribution in [0.3, 0.4) is 0 Å². The van der Waals surface area contributed by atoms with Crippen LogP contribution >= 0.6 is 0 Å². The van der Waals surface area contributed by atoms with E-state index in [0.29, 0.717) is 80.1 Å². The summed E-state index contributed by atoms with van der Waals surface area (Å²) in [6.07, 6.45) is 1.17. The fourth-order valence-corrected chi connectivity index (χ4v) is 5.58. The van der Waals surface area contributed by atoms with Gasteiger partial charge in [-0.1, -0.05) is 6.07 Å². The zero-order valence-corrected chi connectivity index (χ0v) is 24.1. The molecular weight excluding hydrogens is 526 g/mol. The van der Waals surface area contributed by atoms with Gasteiger partial charge in [0.2, 0.25) is 5.75 Å².